The fourth-order valence-electron chi connectivity index (χ4n) is 4.70. The lowest BCUT2D eigenvalue weighted by molar-refractivity contribution is 0.0705. The summed E-state index contributed by atoms with van der Waals surface area (Å²) in [5, 5.41) is 13.5. The number of hydrogen-bond donors (Lipinski definition) is 3. The maximum absolute atomic E-state index is 13.6. The number of nitrogens with one attached hydrogen (secondary N) is 2. The Morgan fingerprint density at radius 3 is 2.59 bits per heavy atom. The molecule has 1 amide bonds. The molecule has 0 saturated carbocycles. The first-order valence-corrected chi connectivity index (χ1v) is 14.4. The molecule has 1 unspecified atom stereocenters. The van der Waals surface area contributed by atoms with Crippen LogP contribution in [0, 0.1) is 6.92 Å². The van der Waals surface area contributed by atoms with Gasteiger partial charge in [0.05, 0.1) is 47.9 Å². The van der Waals surface area contributed by atoms with Crippen LogP contribution in [-0.4, -0.2) is 82.3 Å². The van der Waals surface area contributed by atoms with Gasteiger partial charge in [-0.05, 0) is 32.4 Å². The molecule has 1 atom stereocenters. The molecule has 3 aromatic heterocycles. The Labute approximate surface area is 238 Å². The Hall–Kier alpha value is -4.05. The minimum atomic E-state index is -1.49. The maximum Gasteiger partial charge on any atom is 0.277 e. The second kappa shape index (κ2) is 12.2. The van der Waals surface area contributed by atoms with Gasteiger partial charge in [0, 0.05) is 38.0 Å². The second-order valence-corrected chi connectivity index (χ2v) is 10.9. The molecule has 14 nitrogen and oxygen atoms in total. The highest BCUT2D eigenvalue weighted by atomic mass is 32.2. The molecule has 1 saturated heterocycles. The third kappa shape index (κ3) is 5.74. The normalized spacial score (nSPS) is 14.8. The van der Waals surface area contributed by atoms with Gasteiger partial charge >= 0.3 is 0 Å². The van der Waals surface area contributed by atoms with Crippen LogP contribution in [0.4, 0.5) is 5.95 Å². The van der Waals surface area contributed by atoms with Gasteiger partial charge in [-0.15, -0.1) is 9.40 Å². The average molecular weight is 582 g/mol. The summed E-state index contributed by atoms with van der Waals surface area (Å²) in [6.07, 6.45) is 4.21. The molecule has 0 aliphatic carbocycles. The molecule has 1 aliphatic rings. The van der Waals surface area contributed by atoms with Crippen molar-refractivity contribution in [2.24, 2.45) is 0 Å². The molecule has 0 radical (unpaired) electrons. The predicted molar refractivity (Wildman–Crippen MR) is 150 cm³/mol. The van der Waals surface area contributed by atoms with Crippen molar-refractivity contribution >= 4 is 28.7 Å². The predicted octanol–water partition coefficient (Wildman–Crippen LogP) is 1.50. The topological polar surface area (TPSA) is 177 Å². The van der Waals surface area contributed by atoms with Crippen molar-refractivity contribution in [1.82, 2.24) is 39.3 Å². The Morgan fingerprint density at radius 2 is 1.93 bits per heavy atom. The number of rotatable bonds is 9. The van der Waals surface area contributed by atoms with Crippen LogP contribution in [-0.2, 0) is 17.8 Å². The van der Waals surface area contributed by atoms with Gasteiger partial charge in [-0.1, -0.05) is 6.92 Å². The van der Waals surface area contributed by atoms with E-state index in [2.05, 4.69) is 19.9 Å². The average Bonchev–Trinajstić information content (AvgIpc) is 3.32. The van der Waals surface area contributed by atoms with E-state index in [-0.39, 0.29) is 11.1 Å². The molecule has 1 aromatic carbocycles. The number of carbonyl (C=O) groups is 1. The largest absolute Gasteiger partial charge is 0.593 e. The lowest BCUT2D eigenvalue weighted by Crippen LogP contribution is -2.49. The number of nitrogens with zero attached hydrogens (tertiary/aromatic N) is 7. The molecule has 0 spiro atoms. The van der Waals surface area contributed by atoms with Gasteiger partial charge in [-0.25, -0.2) is 24.9 Å². The van der Waals surface area contributed by atoms with Crippen molar-refractivity contribution < 1.29 is 19.3 Å². The van der Waals surface area contributed by atoms with Gasteiger partial charge in [0.15, 0.2) is 16.2 Å². The first-order chi connectivity index (χ1) is 19.8. The number of hydrogen-bond acceptors (Lipinski definition) is 11. The molecule has 41 heavy (non-hydrogen) atoms. The number of benzene rings is 1. The van der Waals surface area contributed by atoms with Crippen LogP contribution in [0.25, 0.3) is 16.9 Å². The van der Waals surface area contributed by atoms with Crippen LogP contribution >= 0.6 is 0 Å². The summed E-state index contributed by atoms with van der Waals surface area (Å²) < 4.78 is 22.9. The third-order valence-corrected chi connectivity index (χ3v) is 8.17. The maximum atomic E-state index is 13.6. The van der Waals surface area contributed by atoms with Crippen molar-refractivity contribution in [3.63, 3.8) is 0 Å². The zero-order chi connectivity index (χ0) is 29.1. The second-order valence-electron chi connectivity index (χ2n) is 9.40. The number of anilines is 1. The summed E-state index contributed by atoms with van der Waals surface area (Å²) in [5.41, 5.74) is 2.94. The SMILES string of the molecule is CCCc1nc(C)c2c(=O)[nH]c(-c3cc([S+]([O-])N4CCN(c5ncc(C(=O)NO)cn5)CC4)ccc3OCC)nn12. The number of aromatic nitrogens is 6. The monoisotopic (exact) mass is 581 g/mol. The number of aryl methyl sites for hydroxylation is 2. The number of carbonyl (C=O) groups excluding carboxylic acids is 1. The van der Waals surface area contributed by atoms with Crippen molar-refractivity contribution in [2.75, 3.05) is 37.7 Å². The molecule has 1 fully saturated rings. The summed E-state index contributed by atoms with van der Waals surface area (Å²) in [7, 11) is 0. The summed E-state index contributed by atoms with van der Waals surface area (Å²) in [6.45, 7) is 8.10. The van der Waals surface area contributed by atoms with Gasteiger partial charge in [-0.3, -0.25) is 14.8 Å². The molecule has 0 bridgehead atoms. The fourth-order valence-corrected chi connectivity index (χ4v) is 5.89. The highest BCUT2D eigenvalue weighted by molar-refractivity contribution is 7.89. The van der Waals surface area contributed by atoms with Crippen LogP contribution in [0.15, 0.2) is 40.3 Å². The van der Waals surface area contributed by atoms with Crippen LogP contribution < -0.4 is 20.7 Å². The van der Waals surface area contributed by atoms with E-state index in [0.717, 1.165) is 6.42 Å². The molecule has 216 valence electrons. The number of H-pyrrole nitrogens is 1. The molecule has 3 N–H and O–H groups in total. The minimum Gasteiger partial charge on any atom is -0.593 e. The first kappa shape index (κ1) is 28.5. The van der Waals surface area contributed by atoms with Crippen LogP contribution in [0.1, 0.15) is 42.1 Å². The van der Waals surface area contributed by atoms with E-state index in [1.807, 2.05) is 23.1 Å². The highest BCUT2D eigenvalue weighted by Gasteiger charge is 2.30. The van der Waals surface area contributed by atoms with Gasteiger partial charge in [-0.2, -0.15) is 0 Å². The summed E-state index contributed by atoms with van der Waals surface area (Å²) in [5.74, 6) is 1.28. The summed E-state index contributed by atoms with van der Waals surface area (Å²) in [4.78, 5) is 42.9. The smallest absolute Gasteiger partial charge is 0.277 e. The van der Waals surface area contributed by atoms with Crippen LogP contribution in [0.5, 0.6) is 5.75 Å². The van der Waals surface area contributed by atoms with Crippen LogP contribution in [0.2, 0.25) is 0 Å². The number of amides is 1. The fraction of sp³-hybridized carbons (Fsp3) is 0.385. The Balaban J connectivity index is 1.39. The molecular formula is C26H31N9O5S. The van der Waals surface area contributed by atoms with Crippen molar-refractivity contribution in [3.05, 3.63) is 58.0 Å². The lowest BCUT2D eigenvalue weighted by Gasteiger charge is -2.34. The van der Waals surface area contributed by atoms with Crippen molar-refractivity contribution in [1.29, 1.82) is 0 Å². The molecule has 5 rings (SSSR count). The number of hydroxylamine groups is 1. The Morgan fingerprint density at radius 1 is 1.20 bits per heavy atom. The number of aromatic amines is 1. The van der Waals surface area contributed by atoms with E-state index in [9.17, 15) is 14.1 Å². The third-order valence-electron chi connectivity index (χ3n) is 6.68. The van der Waals surface area contributed by atoms with Gasteiger partial charge < -0.3 is 19.2 Å². The van der Waals surface area contributed by atoms with E-state index in [4.69, 9.17) is 15.0 Å². The molecule has 4 heterocycles. The quantitative estimate of drug-likeness (QED) is 0.148. The number of ether oxygens (including phenoxy) is 1. The minimum absolute atomic E-state index is 0.141. The molecule has 4 aromatic rings. The Bertz CT molecular complexity index is 1600. The molecule has 15 heteroatoms. The number of piperazine rings is 1. The van der Waals surface area contributed by atoms with E-state index >= 15 is 0 Å². The molecular weight excluding hydrogens is 550 g/mol. The van der Waals surface area contributed by atoms with E-state index < -0.39 is 17.3 Å². The lowest BCUT2D eigenvalue weighted by atomic mass is 10.2. The van der Waals surface area contributed by atoms with Crippen molar-refractivity contribution in [3.8, 4) is 17.1 Å². The van der Waals surface area contributed by atoms with E-state index in [1.54, 1.807) is 35.1 Å². The summed E-state index contributed by atoms with van der Waals surface area (Å²) in [6, 6.07) is 5.25. The summed E-state index contributed by atoms with van der Waals surface area (Å²) >= 11 is -1.49. The van der Waals surface area contributed by atoms with Crippen molar-refractivity contribution in [2.45, 2.75) is 38.5 Å². The molecule has 1 aliphatic heterocycles. The highest BCUT2D eigenvalue weighted by Crippen LogP contribution is 2.32. The number of imidazole rings is 1. The standard InChI is InChI=1S/C26H31N9O5S/c1-4-6-21-29-16(3)22-25(37)30-23(31-35(21)22)19-13-18(7-8-20(19)40-5-2)41(39)34-11-9-33(10-12-34)26-27-14-17(15-28-26)24(36)32-38/h7-8,13-15,38H,4-6,9-12H2,1-3H3,(H,32,36)(H,30,31,37). The van der Waals surface area contributed by atoms with Gasteiger partial charge in [0.25, 0.3) is 11.5 Å². The van der Waals surface area contributed by atoms with E-state index in [0.29, 0.717) is 84.2 Å². The zero-order valence-corrected chi connectivity index (χ0v) is 23.8. The van der Waals surface area contributed by atoms with Crippen LogP contribution in [0.3, 0.4) is 0 Å². The Kier molecular flexibility index (Phi) is 8.49. The number of fused-ring (bicyclic) bond motifs is 1. The first-order valence-electron chi connectivity index (χ1n) is 13.3. The van der Waals surface area contributed by atoms with Gasteiger partial charge in [0.2, 0.25) is 5.95 Å². The van der Waals surface area contributed by atoms with Gasteiger partial charge in [0.1, 0.15) is 11.6 Å². The van der Waals surface area contributed by atoms with E-state index in [1.165, 1.54) is 12.4 Å². The zero-order valence-electron chi connectivity index (χ0n) is 23.0.